The van der Waals surface area contributed by atoms with E-state index < -0.39 is 5.60 Å². The van der Waals surface area contributed by atoms with Crippen LogP contribution < -0.4 is 5.32 Å². The fourth-order valence-electron chi connectivity index (χ4n) is 1.83. The Bertz CT molecular complexity index is 469. The van der Waals surface area contributed by atoms with Crippen LogP contribution in [0, 0.1) is 12.7 Å². The van der Waals surface area contributed by atoms with Crippen molar-refractivity contribution in [3.63, 3.8) is 0 Å². The molecule has 0 aromatic heterocycles. The fourth-order valence-corrected chi connectivity index (χ4v) is 1.83. The van der Waals surface area contributed by atoms with E-state index in [4.69, 9.17) is 0 Å². The first-order chi connectivity index (χ1) is 9.23. The number of hydrogen-bond acceptors (Lipinski definition) is 2. The molecule has 0 atom stereocenters. The van der Waals surface area contributed by atoms with Crippen molar-refractivity contribution >= 4 is 6.03 Å². The molecule has 0 unspecified atom stereocenters. The first kappa shape index (κ1) is 16.4. The van der Waals surface area contributed by atoms with Crippen molar-refractivity contribution in [2.75, 3.05) is 13.1 Å². The van der Waals surface area contributed by atoms with Gasteiger partial charge >= 0.3 is 6.03 Å². The van der Waals surface area contributed by atoms with Gasteiger partial charge in [0.2, 0.25) is 0 Å². The molecule has 0 bridgehead atoms. The predicted octanol–water partition coefficient (Wildman–Crippen LogP) is 2.44. The molecule has 4 nitrogen and oxygen atoms in total. The minimum atomic E-state index is -0.941. The molecule has 0 saturated carbocycles. The number of halogens is 1. The number of aliphatic hydroxyl groups is 1. The number of amides is 2. The summed E-state index contributed by atoms with van der Waals surface area (Å²) in [6, 6.07) is 4.62. The highest BCUT2D eigenvalue weighted by Crippen LogP contribution is 2.09. The first-order valence-corrected chi connectivity index (χ1v) is 6.73. The average Bonchev–Trinajstić information content (AvgIpc) is 2.36. The second-order valence-electron chi connectivity index (χ2n) is 5.57. The number of urea groups is 1. The van der Waals surface area contributed by atoms with Gasteiger partial charge in [0.05, 0.1) is 12.1 Å². The Kier molecular flexibility index (Phi) is 5.51. The summed E-state index contributed by atoms with van der Waals surface area (Å²) in [7, 11) is 0. The van der Waals surface area contributed by atoms with E-state index in [2.05, 4.69) is 5.32 Å². The monoisotopic (exact) mass is 282 g/mol. The Morgan fingerprint density at radius 3 is 2.60 bits per heavy atom. The number of carbonyl (C=O) groups excluding carboxylic acids is 1. The quantitative estimate of drug-likeness (QED) is 0.871. The number of nitrogens with one attached hydrogen (secondary N) is 1. The summed E-state index contributed by atoms with van der Waals surface area (Å²) >= 11 is 0. The maximum atomic E-state index is 13.4. The number of rotatable bonds is 5. The van der Waals surface area contributed by atoms with Gasteiger partial charge in [-0.1, -0.05) is 12.1 Å². The number of aryl methyl sites for hydroxylation is 1. The lowest BCUT2D eigenvalue weighted by atomic mass is 10.1. The Hall–Kier alpha value is -1.62. The molecule has 20 heavy (non-hydrogen) atoms. The Morgan fingerprint density at radius 2 is 2.10 bits per heavy atom. The molecule has 0 aliphatic carbocycles. The van der Waals surface area contributed by atoms with Crippen LogP contribution in [0.25, 0.3) is 0 Å². The molecular weight excluding hydrogens is 259 g/mol. The third kappa shape index (κ3) is 5.17. The molecule has 0 spiro atoms. The lowest BCUT2D eigenvalue weighted by molar-refractivity contribution is 0.0480. The van der Waals surface area contributed by atoms with Crippen LogP contribution >= 0.6 is 0 Å². The standard InChI is InChI=1S/C15H23FN2O2/c1-5-18(10-15(3,4)20)14(19)17-9-12-7-6-11(2)13(16)8-12/h6-8,20H,5,9-10H2,1-4H3,(H,17,19). The highest BCUT2D eigenvalue weighted by atomic mass is 19.1. The molecule has 1 aromatic rings. The zero-order valence-electron chi connectivity index (χ0n) is 12.5. The van der Waals surface area contributed by atoms with Crippen LogP contribution in [-0.2, 0) is 6.54 Å². The summed E-state index contributed by atoms with van der Waals surface area (Å²) in [5, 5.41) is 12.5. The summed E-state index contributed by atoms with van der Waals surface area (Å²) in [5.41, 5.74) is 0.349. The van der Waals surface area contributed by atoms with Gasteiger partial charge in [-0.15, -0.1) is 0 Å². The van der Waals surface area contributed by atoms with E-state index in [-0.39, 0.29) is 24.9 Å². The van der Waals surface area contributed by atoms with Crippen molar-refractivity contribution in [2.45, 2.75) is 39.8 Å². The van der Waals surface area contributed by atoms with E-state index in [0.29, 0.717) is 17.7 Å². The lowest BCUT2D eigenvalue weighted by Crippen LogP contribution is -2.46. The van der Waals surface area contributed by atoms with Gasteiger partial charge in [0.25, 0.3) is 0 Å². The van der Waals surface area contributed by atoms with E-state index in [1.807, 2.05) is 6.92 Å². The van der Waals surface area contributed by atoms with Crippen molar-refractivity contribution in [2.24, 2.45) is 0 Å². The fraction of sp³-hybridized carbons (Fsp3) is 0.533. The Morgan fingerprint density at radius 1 is 1.45 bits per heavy atom. The molecule has 5 heteroatoms. The van der Waals surface area contributed by atoms with Crippen molar-refractivity contribution in [3.05, 3.63) is 35.1 Å². The predicted molar refractivity (Wildman–Crippen MR) is 76.9 cm³/mol. The number of hydrogen-bond donors (Lipinski definition) is 2. The van der Waals surface area contributed by atoms with Gasteiger partial charge in [-0.3, -0.25) is 0 Å². The molecule has 0 saturated heterocycles. The molecule has 0 fully saturated rings. The molecule has 0 aliphatic rings. The van der Waals surface area contributed by atoms with Gasteiger partial charge in [-0.25, -0.2) is 9.18 Å². The molecule has 1 rings (SSSR count). The maximum Gasteiger partial charge on any atom is 0.317 e. The molecule has 2 N–H and O–H groups in total. The molecule has 2 amide bonds. The molecule has 1 aromatic carbocycles. The molecular formula is C15H23FN2O2. The van der Waals surface area contributed by atoms with Gasteiger partial charge in [0, 0.05) is 13.1 Å². The normalized spacial score (nSPS) is 11.3. The van der Waals surface area contributed by atoms with E-state index >= 15 is 0 Å². The first-order valence-electron chi connectivity index (χ1n) is 6.73. The highest BCUT2D eigenvalue weighted by molar-refractivity contribution is 5.74. The zero-order valence-corrected chi connectivity index (χ0v) is 12.5. The van der Waals surface area contributed by atoms with Crippen molar-refractivity contribution in [1.29, 1.82) is 0 Å². The lowest BCUT2D eigenvalue weighted by Gasteiger charge is -2.28. The summed E-state index contributed by atoms with van der Waals surface area (Å²) < 4.78 is 13.4. The van der Waals surface area contributed by atoms with Crippen molar-refractivity contribution < 1.29 is 14.3 Å². The zero-order chi connectivity index (χ0) is 15.3. The largest absolute Gasteiger partial charge is 0.389 e. The van der Waals surface area contributed by atoms with Crippen LogP contribution in [-0.4, -0.2) is 34.7 Å². The summed E-state index contributed by atoms with van der Waals surface area (Å²) in [5.74, 6) is -0.277. The van der Waals surface area contributed by atoms with Crippen LogP contribution in [0.1, 0.15) is 31.9 Å². The van der Waals surface area contributed by atoms with Gasteiger partial charge in [-0.05, 0) is 44.9 Å². The van der Waals surface area contributed by atoms with Gasteiger partial charge in [0.1, 0.15) is 5.82 Å². The summed E-state index contributed by atoms with van der Waals surface area (Å²) in [6.07, 6.45) is 0. The third-order valence-corrected chi connectivity index (χ3v) is 2.93. The van der Waals surface area contributed by atoms with Gasteiger partial charge in [-0.2, -0.15) is 0 Å². The van der Waals surface area contributed by atoms with E-state index in [0.717, 1.165) is 0 Å². The van der Waals surface area contributed by atoms with Crippen LogP contribution in [0.4, 0.5) is 9.18 Å². The number of likely N-dealkylation sites (N-methyl/N-ethyl adjacent to an activating group) is 1. The molecule has 0 heterocycles. The number of benzene rings is 1. The van der Waals surface area contributed by atoms with E-state index in [1.54, 1.807) is 32.9 Å². The van der Waals surface area contributed by atoms with Crippen molar-refractivity contribution in [3.8, 4) is 0 Å². The Balaban J connectivity index is 2.59. The molecule has 112 valence electrons. The second-order valence-corrected chi connectivity index (χ2v) is 5.57. The summed E-state index contributed by atoms with van der Waals surface area (Å²) in [4.78, 5) is 13.5. The van der Waals surface area contributed by atoms with E-state index in [1.165, 1.54) is 11.0 Å². The van der Waals surface area contributed by atoms with Crippen LogP contribution in [0.2, 0.25) is 0 Å². The SMILES string of the molecule is CCN(CC(C)(C)O)C(=O)NCc1ccc(C)c(F)c1. The highest BCUT2D eigenvalue weighted by Gasteiger charge is 2.20. The molecule has 0 radical (unpaired) electrons. The van der Waals surface area contributed by atoms with E-state index in [9.17, 15) is 14.3 Å². The maximum absolute atomic E-state index is 13.4. The number of carbonyl (C=O) groups is 1. The summed E-state index contributed by atoms with van der Waals surface area (Å²) in [6.45, 7) is 7.85. The minimum absolute atomic E-state index is 0.248. The third-order valence-electron chi connectivity index (χ3n) is 2.93. The topological polar surface area (TPSA) is 52.6 Å². The van der Waals surface area contributed by atoms with Gasteiger partial charge in [0.15, 0.2) is 0 Å². The van der Waals surface area contributed by atoms with Crippen LogP contribution in [0.5, 0.6) is 0 Å². The number of nitrogens with zero attached hydrogens (tertiary/aromatic N) is 1. The van der Waals surface area contributed by atoms with Crippen LogP contribution in [0.15, 0.2) is 18.2 Å². The van der Waals surface area contributed by atoms with Crippen LogP contribution in [0.3, 0.4) is 0 Å². The second kappa shape index (κ2) is 6.70. The van der Waals surface area contributed by atoms with Crippen molar-refractivity contribution in [1.82, 2.24) is 10.2 Å². The van der Waals surface area contributed by atoms with Gasteiger partial charge < -0.3 is 15.3 Å². The smallest absolute Gasteiger partial charge is 0.317 e. The molecule has 0 aliphatic heterocycles. The average molecular weight is 282 g/mol. The Labute approximate surface area is 119 Å². The minimum Gasteiger partial charge on any atom is -0.389 e.